The van der Waals surface area contributed by atoms with Crippen molar-refractivity contribution in [2.24, 2.45) is 0 Å². The van der Waals surface area contributed by atoms with Gasteiger partial charge in [0.25, 0.3) is 10.0 Å². The Morgan fingerprint density at radius 2 is 1.83 bits per heavy atom. The van der Waals surface area contributed by atoms with Crippen LogP contribution >= 0.6 is 23.2 Å². The molecule has 0 aliphatic heterocycles. The number of benzene rings is 2. The average molecular weight is 452 g/mol. The van der Waals surface area contributed by atoms with Crippen molar-refractivity contribution >= 4 is 55.8 Å². The van der Waals surface area contributed by atoms with Crippen LogP contribution in [0.1, 0.15) is 0 Å². The Bertz CT molecular complexity index is 1360. The second kappa shape index (κ2) is 7.18. The van der Waals surface area contributed by atoms with Crippen molar-refractivity contribution in [1.29, 1.82) is 0 Å². The molecule has 2 heterocycles. The number of aromatic amines is 1. The molecule has 0 aliphatic rings. The summed E-state index contributed by atoms with van der Waals surface area (Å²) in [5.74, 6) is -0.443. The minimum atomic E-state index is -3.98. The van der Waals surface area contributed by atoms with E-state index in [9.17, 15) is 12.8 Å². The first-order chi connectivity index (χ1) is 13.7. The predicted octanol–water partition coefficient (Wildman–Crippen LogP) is 4.45. The molecule has 0 bridgehead atoms. The molecule has 7 nitrogen and oxygen atoms in total. The molecule has 0 aliphatic carbocycles. The molecule has 11 heteroatoms. The van der Waals surface area contributed by atoms with Gasteiger partial charge in [-0.1, -0.05) is 23.2 Å². The van der Waals surface area contributed by atoms with E-state index in [4.69, 9.17) is 28.9 Å². The minimum absolute atomic E-state index is 0.174. The quantitative estimate of drug-likeness (QED) is 0.423. The zero-order valence-electron chi connectivity index (χ0n) is 14.4. The van der Waals surface area contributed by atoms with E-state index in [-0.39, 0.29) is 26.4 Å². The number of H-pyrrole nitrogens is 1. The molecule has 0 fully saturated rings. The van der Waals surface area contributed by atoms with Crippen molar-refractivity contribution in [3.63, 3.8) is 0 Å². The van der Waals surface area contributed by atoms with Gasteiger partial charge in [-0.25, -0.2) is 17.8 Å². The molecule has 29 heavy (non-hydrogen) atoms. The number of anilines is 2. The van der Waals surface area contributed by atoms with E-state index >= 15 is 0 Å². The van der Waals surface area contributed by atoms with Crippen LogP contribution in [-0.2, 0) is 10.0 Å². The van der Waals surface area contributed by atoms with Crippen LogP contribution in [0.2, 0.25) is 10.0 Å². The summed E-state index contributed by atoms with van der Waals surface area (Å²) in [6, 6.07) is 11.3. The number of nitrogens with one attached hydrogen (secondary N) is 2. The molecule has 0 spiro atoms. The third-order valence-electron chi connectivity index (χ3n) is 4.13. The zero-order valence-corrected chi connectivity index (χ0v) is 16.8. The van der Waals surface area contributed by atoms with Gasteiger partial charge in [0.1, 0.15) is 11.3 Å². The fourth-order valence-electron chi connectivity index (χ4n) is 2.71. The average Bonchev–Trinajstić information content (AvgIpc) is 3.04. The number of hydrogen-bond acceptors (Lipinski definition) is 5. The van der Waals surface area contributed by atoms with Gasteiger partial charge in [0.15, 0.2) is 5.82 Å². The Kier molecular flexibility index (Phi) is 4.81. The highest BCUT2D eigenvalue weighted by molar-refractivity contribution is 7.92. The molecule has 0 unspecified atom stereocenters. The summed E-state index contributed by atoms with van der Waals surface area (Å²) in [6.07, 6.45) is 0. The van der Waals surface area contributed by atoms with Gasteiger partial charge >= 0.3 is 0 Å². The van der Waals surface area contributed by atoms with E-state index in [1.54, 1.807) is 18.2 Å². The van der Waals surface area contributed by atoms with Crippen molar-refractivity contribution in [3.8, 4) is 11.3 Å². The van der Waals surface area contributed by atoms with Crippen LogP contribution in [0, 0.1) is 5.82 Å². The van der Waals surface area contributed by atoms with E-state index in [0.29, 0.717) is 22.3 Å². The summed E-state index contributed by atoms with van der Waals surface area (Å²) in [7, 11) is -3.98. The van der Waals surface area contributed by atoms with E-state index in [1.165, 1.54) is 12.1 Å². The molecule has 0 atom stereocenters. The van der Waals surface area contributed by atoms with E-state index < -0.39 is 15.8 Å². The summed E-state index contributed by atoms with van der Waals surface area (Å²) in [5, 5.41) is 6.64. The van der Waals surface area contributed by atoms with Gasteiger partial charge in [-0.05, 0) is 48.5 Å². The molecule has 0 amide bonds. The number of aromatic nitrogens is 3. The summed E-state index contributed by atoms with van der Waals surface area (Å²) in [6.45, 7) is 0. The van der Waals surface area contributed by atoms with Crippen LogP contribution in [-0.4, -0.2) is 23.6 Å². The number of sulfonamides is 1. The van der Waals surface area contributed by atoms with Crippen LogP contribution in [0.25, 0.3) is 22.3 Å². The first-order valence-corrected chi connectivity index (χ1v) is 10.4. The molecule has 4 aromatic rings. The Morgan fingerprint density at radius 1 is 1.03 bits per heavy atom. The number of nitrogen functional groups attached to an aromatic ring is 1. The predicted molar refractivity (Wildman–Crippen MR) is 111 cm³/mol. The highest BCUT2D eigenvalue weighted by Gasteiger charge is 2.17. The zero-order chi connectivity index (χ0) is 20.8. The number of nitrogens with zero attached hydrogens (tertiary/aromatic N) is 2. The van der Waals surface area contributed by atoms with Gasteiger partial charge in [0, 0.05) is 5.56 Å². The molecule has 0 saturated heterocycles. The normalized spacial score (nSPS) is 11.7. The molecule has 2 aromatic carbocycles. The molecular weight excluding hydrogens is 440 g/mol. The molecule has 0 radical (unpaired) electrons. The van der Waals surface area contributed by atoms with Crippen molar-refractivity contribution < 1.29 is 12.8 Å². The van der Waals surface area contributed by atoms with Gasteiger partial charge < -0.3 is 5.73 Å². The third-order valence-corrected chi connectivity index (χ3v) is 6.11. The number of halogens is 3. The van der Waals surface area contributed by atoms with E-state index in [2.05, 4.69) is 19.9 Å². The first-order valence-electron chi connectivity index (χ1n) is 8.13. The van der Waals surface area contributed by atoms with Crippen LogP contribution in [0.4, 0.5) is 15.9 Å². The maximum absolute atomic E-state index is 13.3. The lowest BCUT2D eigenvalue weighted by atomic mass is 10.1. The van der Waals surface area contributed by atoms with Gasteiger partial charge in [0.05, 0.1) is 31.8 Å². The maximum Gasteiger partial charge on any atom is 0.261 e. The highest BCUT2D eigenvalue weighted by atomic mass is 35.5. The topological polar surface area (TPSA) is 114 Å². The van der Waals surface area contributed by atoms with Gasteiger partial charge in [-0.3, -0.25) is 9.82 Å². The van der Waals surface area contributed by atoms with Crippen molar-refractivity contribution in [1.82, 2.24) is 15.2 Å². The van der Waals surface area contributed by atoms with Crippen LogP contribution < -0.4 is 10.5 Å². The Labute approximate surface area is 174 Å². The second-order valence-corrected chi connectivity index (χ2v) is 8.57. The fourth-order valence-corrected chi connectivity index (χ4v) is 4.31. The number of rotatable bonds is 4. The van der Waals surface area contributed by atoms with Gasteiger partial charge in [-0.2, -0.15) is 5.10 Å². The summed E-state index contributed by atoms with van der Waals surface area (Å²) < 4.78 is 40.7. The number of pyridine rings is 1. The monoisotopic (exact) mass is 451 g/mol. The molecule has 4 rings (SSSR count). The maximum atomic E-state index is 13.3. The molecule has 4 N–H and O–H groups in total. The van der Waals surface area contributed by atoms with Crippen LogP contribution in [0.5, 0.6) is 0 Å². The van der Waals surface area contributed by atoms with E-state index in [1.807, 2.05) is 0 Å². The SMILES string of the molecule is Nc1n[nH]c2ccc(-c3ccc(NS(=O)(=O)c4ccc(F)c(Cl)c4)cc3Cl)nc12. The number of hydrogen-bond donors (Lipinski definition) is 3. The Hall–Kier alpha value is -2.88. The smallest absolute Gasteiger partial charge is 0.261 e. The molecular formula is C18H12Cl2FN5O2S. The fraction of sp³-hybridized carbons (Fsp3) is 0. The lowest BCUT2D eigenvalue weighted by molar-refractivity contribution is 0.599. The largest absolute Gasteiger partial charge is 0.380 e. The minimum Gasteiger partial charge on any atom is -0.380 e. The molecule has 0 saturated carbocycles. The van der Waals surface area contributed by atoms with Gasteiger partial charge in [-0.15, -0.1) is 0 Å². The second-order valence-electron chi connectivity index (χ2n) is 6.08. The van der Waals surface area contributed by atoms with Gasteiger partial charge in [0.2, 0.25) is 0 Å². The summed E-state index contributed by atoms with van der Waals surface area (Å²) in [5.41, 5.74) is 8.34. The first kappa shape index (κ1) is 19.4. The standard InChI is InChI=1S/C18H12Cl2FN5O2S/c19-12-7-9(26-29(27,28)10-2-4-14(21)13(20)8-10)1-3-11(12)15-5-6-16-17(23-15)18(22)25-24-16/h1-8,26H,(H3,22,24,25). The lowest BCUT2D eigenvalue weighted by Crippen LogP contribution is -2.13. The number of nitrogens with two attached hydrogens (primary N) is 1. The van der Waals surface area contributed by atoms with Crippen molar-refractivity contribution in [2.45, 2.75) is 4.90 Å². The Morgan fingerprint density at radius 3 is 2.55 bits per heavy atom. The highest BCUT2D eigenvalue weighted by Crippen LogP contribution is 2.32. The molecule has 148 valence electrons. The van der Waals surface area contributed by atoms with Crippen molar-refractivity contribution in [2.75, 3.05) is 10.5 Å². The number of fused-ring (bicyclic) bond motifs is 1. The van der Waals surface area contributed by atoms with Crippen molar-refractivity contribution in [3.05, 3.63) is 64.4 Å². The summed E-state index contributed by atoms with van der Waals surface area (Å²) >= 11 is 12.0. The van der Waals surface area contributed by atoms with Crippen LogP contribution in [0.15, 0.2) is 53.4 Å². The Balaban J connectivity index is 1.65. The van der Waals surface area contributed by atoms with Crippen LogP contribution in [0.3, 0.4) is 0 Å². The lowest BCUT2D eigenvalue weighted by Gasteiger charge is -2.11. The summed E-state index contributed by atoms with van der Waals surface area (Å²) in [4.78, 5) is 4.27. The third kappa shape index (κ3) is 3.71. The molecule has 2 aromatic heterocycles. The van der Waals surface area contributed by atoms with E-state index in [0.717, 1.165) is 18.2 Å².